The third-order valence-electron chi connectivity index (χ3n) is 13.5. The number of methoxy groups -OCH3 is 2. The number of hydrogen-bond donors (Lipinski definition) is 0. The molecule has 5 heteroatoms. The minimum Gasteiger partial charge on any atom is -0.497 e. The van der Waals surface area contributed by atoms with Crippen LogP contribution in [0.4, 0.5) is 0 Å². The summed E-state index contributed by atoms with van der Waals surface area (Å²) in [6, 6.07) is 59.9. The van der Waals surface area contributed by atoms with Crippen LogP contribution in [-0.4, -0.2) is 39.5 Å². The number of rotatable bonds is 26. The smallest absolute Gasteiger partial charge is 0.183 e. The highest BCUT2D eigenvalue weighted by molar-refractivity contribution is 6.88. The summed E-state index contributed by atoms with van der Waals surface area (Å²) in [5, 5.41) is 2.20. The number of unbranched alkanes of at least 4 members (excludes halogenated alkanes) is 4. The van der Waals surface area contributed by atoms with Crippen molar-refractivity contribution in [3.8, 4) is 11.5 Å². The van der Waals surface area contributed by atoms with Crippen molar-refractivity contribution < 1.29 is 18.9 Å². The van der Waals surface area contributed by atoms with Crippen LogP contribution < -0.4 is 9.47 Å². The van der Waals surface area contributed by atoms with Crippen molar-refractivity contribution in [3.63, 3.8) is 0 Å². The Labute approximate surface area is 394 Å². The molecular formula is C60H72AlO4-. The van der Waals surface area contributed by atoms with E-state index in [1.807, 2.05) is 0 Å². The molecule has 0 radical (unpaired) electrons. The lowest BCUT2D eigenvalue weighted by atomic mass is 9.79. The maximum atomic E-state index is 7.76. The van der Waals surface area contributed by atoms with E-state index >= 15 is 0 Å². The van der Waals surface area contributed by atoms with Gasteiger partial charge in [-0.15, -0.1) is 26.0 Å². The van der Waals surface area contributed by atoms with Gasteiger partial charge in [-0.05, 0) is 70.5 Å². The summed E-state index contributed by atoms with van der Waals surface area (Å²) < 4.78 is 26.8. The van der Waals surface area contributed by atoms with Crippen LogP contribution in [0.2, 0.25) is 10.6 Å². The number of hydrogen-bond acceptors (Lipinski definition) is 4. The molecule has 0 saturated heterocycles. The second kappa shape index (κ2) is 24.9. The molecule has 65 heavy (non-hydrogen) atoms. The summed E-state index contributed by atoms with van der Waals surface area (Å²) in [5.41, 5.74) is 4.86. The molecule has 0 spiro atoms. The molecular weight excluding hydrogens is 812 g/mol. The lowest BCUT2D eigenvalue weighted by molar-refractivity contribution is -0.0286. The van der Waals surface area contributed by atoms with E-state index in [9.17, 15) is 0 Å². The van der Waals surface area contributed by atoms with Crippen molar-refractivity contribution in [3.05, 3.63) is 225 Å². The first kappa shape index (κ1) is 49.3. The minimum atomic E-state index is -2.56. The molecule has 0 amide bonds. The van der Waals surface area contributed by atoms with Crippen molar-refractivity contribution in [1.29, 1.82) is 0 Å². The van der Waals surface area contributed by atoms with E-state index in [1.165, 1.54) is 0 Å². The molecule has 6 rings (SSSR count). The third kappa shape index (κ3) is 12.2. The molecule has 0 fully saturated rings. The Hall–Kier alpha value is -5.15. The van der Waals surface area contributed by atoms with Crippen LogP contribution in [0.5, 0.6) is 11.5 Å². The van der Waals surface area contributed by atoms with Gasteiger partial charge in [0.25, 0.3) is 0 Å². The van der Waals surface area contributed by atoms with Crippen LogP contribution in [0.25, 0.3) is 0 Å². The fourth-order valence-corrected chi connectivity index (χ4v) is 12.5. The van der Waals surface area contributed by atoms with Gasteiger partial charge in [0.15, 0.2) is 13.1 Å². The van der Waals surface area contributed by atoms with E-state index in [4.69, 9.17) is 18.9 Å². The molecule has 0 aliphatic rings. The van der Waals surface area contributed by atoms with Crippen molar-refractivity contribution in [2.45, 2.75) is 113 Å². The van der Waals surface area contributed by atoms with E-state index < -0.39 is 24.3 Å². The standard InChI is InChI=1S/2C28H31O2.2C2H5.Al/c2*1-4-6-9-18-26(5-2)30-28(23-14-10-7-11-15-23,24-16-12-8-13-17-24)25-19-21-27(29-3)22-20-25;2*1-2;/h2*2,5,7-8,10-17,19-22,26H,4,6,9,18H2,1,3H3;2*1H2,2H3;/q;;;;-1. The molecule has 0 aliphatic carbocycles. The summed E-state index contributed by atoms with van der Waals surface area (Å²) in [4.78, 5) is 5.23. The molecule has 340 valence electrons. The molecule has 0 saturated carbocycles. The Morgan fingerprint density at radius 1 is 0.400 bits per heavy atom. The molecule has 2 unspecified atom stereocenters. The van der Waals surface area contributed by atoms with Crippen molar-refractivity contribution in [2.75, 3.05) is 14.2 Å². The van der Waals surface area contributed by atoms with Gasteiger partial charge in [0.05, 0.1) is 26.4 Å². The van der Waals surface area contributed by atoms with Gasteiger partial charge in [-0.1, -0.05) is 198 Å². The summed E-state index contributed by atoms with van der Waals surface area (Å²) in [5.74, 6) is 1.65. The van der Waals surface area contributed by atoms with E-state index in [1.54, 1.807) is 14.2 Å². The molecule has 0 N–H and O–H groups in total. The monoisotopic (exact) mass is 884 g/mol. The van der Waals surface area contributed by atoms with Crippen LogP contribution >= 0.6 is 0 Å². The summed E-state index contributed by atoms with van der Waals surface area (Å²) >= 11 is -2.56. The van der Waals surface area contributed by atoms with E-state index in [0.717, 1.165) is 107 Å². The minimum absolute atomic E-state index is 0.134. The second-order valence-electron chi connectivity index (χ2n) is 17.6. The number of ether oxygens (including phenoxy) is 4. The first-order chi connectivity index (χ1) is 31.9. The molecule has 0 bridgehead atoms. The van der Waals surface area contributed by atoms with Gasteiger partial charge < -0.3 is 18.9 Å². The summed E-state index contributed by atoms with van der Waals surface area (Å²) in [6.45, 7) is 9.32. The molecule has 6 aromatic rings. The Kier molecular flexibility index (Phi) is 18.9. The van der Waals surface area contributed by atoms with Crippen LogP contribution in [0.1, 0.15) is 112 Å². The molecule has 6 aromatic carbocycles. The number of benzene rings is 6. The maximum absolute atomic E-state index is 7.76. The van der Waals surface area contributed by atoms with Crippen molar-refractivity contribution in [1.82, 2.24) is 0 Å². The molecule has 4 nitrogen and oxygen atoms in total. The van der Waals surface area contributed by atoms with Gasteiger partial charge in [0.1, 0.15) is 22.7 Å². The Morgan fingerprint density at radius 2 is 0.692 bits per heavy atom. The Balaban J connectivity index is 1.44. The zero-order valence-electron chi connectivity index (χ0n) is 39.9. The van der Waals surface area contributed by atoms with Gasteiger partial charge in [0.2, 0.25) is 0 Å². The van der Waals surface area contributed by atoms with Gasteiger partial charge in [0, 0.05) is 0 Å². The Bertz CT molecular complexity index is 2050. The third-order valence-corrected chi connectivity index (χ3v) is 18.5. The highest BCUT2D eigenvalue weighted by atomic mass is 27.2. The van der Waals surface area contributed by atoms with Gasteiger partial charge in [-0.3, -0.25) is 9.88 Å². The topological polar surface area (TPSA) is 36.9 Å². The average Bonchev–Trinajstić information content (AvgIpc) is 3.38. The van der Waals surface area contributed by atoms with Gasteiger partial charge in [-0.25, -0.2) is 0 Å². The van der Waals surface area contributed by atoms with E-state index in [-0.39, 0.29) is 12.2 Å². The van der Waals surface area contributed by atoms with Crippen LogP contribution in [-0.2, 0) is 20.7 Å². The maximum Gasteiger partial charge on any atom is 0.183 e. The SMILES string of the molecule is CCCCCC(/C=[CH]/[Al-](/[CH]=C/C(CCCCC)OC(c1ccccc1)(c1ccccc1)c1ccc(OC)cc1)([CH2]C)[CH2]C)OC(c1ccccc1)(c1ccccc1)c1ccc(OC)cc1. The molecule has 0 heterocycles. The normalized spacial score (nSPS) is 13.3. The highest BCUT2D eigenvalue weighted by Gasteiger charge is 2.41. The highest BCUT2D eigenvalue weighted by Crippen LogP contribution is 2.45. The van der Waals surface area contributed by atoms with Crippen molar-refractivity contribution >= 4 is 13.1 Å². The second-order valence-corrected chi connectivity index (χ2v) is 22.8. The summed E-state index contributed by atoms with van der Waals surface area (Å²) in [7, 11) is 3.44. The van der Waals surface area contributed by atoms with Gasteiger partial charge >= 0.3 is 0 Å². The average molecular weight is 884 g/mol. The van der Waals surface area contributed by atoms with Crippen LogP contribution in [0, 0.1) is 0 Å². The molecule has 2 atom stereocenters. The molecule has 0 aliphatic heterocycles. The molecule has 0 aromatic heterocycles. The Morgan fingerprint density at radius 3 is 0.954 bits per heavy atom. The van der Waals surface area contributed by atoms with E-state index in [2.05, 4.69) is 220 Å². The van der Waals surface area contributed by atoms with E-state index in [0.29, 0.717) is 0 Å². The lowest BCUT2D eigenvalue weighted by Gasteiger charge is -2.39. The largest absolute Gasteiger partial charge is 0.497 e. The van der Waals surface area contributed by atoms with Gasteiger partial charge in [-0.2, -0.15) is 10.6 Å². The first-order valence-corrected chi connectivity index (χ1v) is 27.3. The predicted molar refractivity (Wildman–Crippen MR) is 275 cm³/mol. The predicted octanol–water partition coefficient (Wildman–Crippen LogP) is 15.6. The quantitative estimate of drug-likeness (QED) is 0.0309. The van der Waals surface area contributed by atoms with Crippen LogP contribution in [0.15, 0.2) is 192 Å². The van der Waals surface area contributed by atoms with Crippen LogP contribution in [0.3, 0.4) is 0 Å². The first-order valence-electron chi connectivity index (χ1n) is 24.4. The summed E-state index contributed by atoms with van der Waals surface area (Å²) in [6.07, 6.45) is 13.2. The zero-order chi connectivity index (χ0) is 45.8. The van der Waals surface area contributed by atoms with Crippen molar-refractivity contribution in [2.24, 2.45) is 0 Å². The fourth-order valence-electron chi connectivity index (χ4n) is 9.37. The zero-order valence-corrected chi connectivity index (χ0v) is 41.1. The lowest BCUT2D eigenvalue weighted by Crippen LogP contribution is -2.37. The fraction of sp³-hybridized carbons (Fsp3) is 0.333.